The summed E-state index contributed by atoms with van der Waals surface area (Å²) in [5.74, 6) is 0.225. The molecule has 0 fully saturated rings. The number of benzene rings is 2. The van der Waals surface area contributed by atoms with Crippen molar-refractivity contribution in [2.75, 3.05) is 13.1 Å². The number of rotatable bonds is 4. The van der Waals surface area contributed by atoms with Gasteiger partial charge in [-0.15, -0.1) is 0 Å². The minimum absolute atomic E-state index is 0.225. The van der Waals surface area contributed by atoms with Crippen molar-refractivity contribution in [3.63, 3.8) is 0 Å². The second kappa shape index (κ2) is 8.07. The van der Waals surface area contributed by atoms with Crippen molar-refractivity contribution in [3.05, 3.63) is 88.1 Å². The summed E-state index contributed by atoms with van der Waals surface area (Å²) in [5.41, 5.74) is 4.18. The summed E-state index contributed by atoms with van der Waals surface area (Å²) in [5, 5.41) is 10.9. The fourth-order valence-corrected chi connectivity index (χ4v) is 3.79. The van der Waals surface area contributed by atoms with Crippen molar-refractivity contribution in [1.29, 1.82) is 0 Å². The summed E-state index contributed by atoms with van der Waals surface area (Å²) >= 11 is 3.54. The monoisotopic (exact) mass is 420 g/mol. The standard InChI is InChI=1S/C23H21BrN2O/c24-20-5-1-3-18(15-20)16-26-13-11-17(12-14-26)7-9-21-10-8-19-4-2-6-22(27)23(19)25-21/h1-11,15,27H,12-14,16H2/b9-7+. The van der Waals surface area contributed by atoms with E-state index < -0.39 is 0 Å². The van der Waals surface area contributed by atoms with E-state index in [1.165, 1.54) is 11.1 Å². The Hall–Kier alpha value is -2.43. The maximum absolute atomic E-state index is 9.97. The van der Waals surface area contributed by atoms with Gasteiger partial charge in [0.1, 0.15) is 11.3 Å². The van der Waals surface area contributed by atoms with Gasteiger partial charge in [0.25, 0.3) is 0 Å². The maximum atomic E-state index is 9.97. The van der Waals surface area contributed by atoms with Crippen LogP contribution in [0.4, 0.5) is 0 Å². The number of nitrogens with zero attached hydrogens (tertiary/aromatic N) is 2. The lowest BCUT2D eigenvalue weighted by molar-refractivity contribution is 0.287. The second-order valence-corrected chi connectivity index (χ2v) is 7.73. The predicted molar refractivity (Wildman–Crippen MR) is 115 cm³/mol. The molecule has 0 amide bonds. The van der Waals surface area contributed by atoms with Gasteiger partial charge in [-0.05, 0) is 47.9 Å². The molecule has 3 aromatic rings. The smallest absolute Gasteiger partial charge is 0.141 e. The van der Waals surface area contributed by atoms with E-state index in [-0.39, 0.29) is 5.75 Å². The van der Waals surface area contributed by atoms with Crippen LogP contribution >= 0.6 is 15.9 Å². The van der Waals surface area contributed by atoms with Crippen molar-refractivity contribution < 1.29 is 5.11 Å². The molecular weight excluding hydrogens is 400 g/mol. The lowest BCUT2D eigenvalue weighted by Crippen LogP contribution is -2.28. The number of aromatic nitrogens is 1. The van der Waals surface area contributed by atoms with Gasteiger partial charge in [0.2, 0.25) is 0 Å². The van der Waals surface area contributed by atoms with Gasteiger partial charge in [0, 0.05) is 29.5 Å². The Kier molecular flexibility index (Phi) is 5.37. The van der Waals surface area contributed by atoms with Crippen LogP contribution in [0.5, 0.6) is 5.75 Å². The first-order valence-electron chi connectivity index (χ1n) is 9.10. The summed E-state index contributed by atoms with van der Waals surface area (Å²) in [4.78, 5) is 7.01. The molecule has 2 aromatic carbocycles. The lowest BCUT2D eigenvalue weighted by atomic mass is 10.1. The number of hydrogen-bond acceptors (Lipinski definition) is 3. The fraction of sp³-hybridized carbons (Fsp3) is 0.174. The Bertz CT molecular complexity index is 1030. The quantitative estimate of drug-likeness (QED) is 0.600. The third-order valence-electron chi connectivity index (χ3n) is 4.81. The van der Waals surface area contributed by atoms with Crippen molar-refractivity contribution in [2.45, 2.75) is 13.0 Å². The van der Waals surface area contributed by atoms with Crippen molar-refractivity contribution in [2.24, 2.45) is 0 Å². The third-order valence-corrected chi connectivity index (χ3v) is 5.31. The number of pyridine rings is 1. The molecule has 136 valence electrons. The van der Waals surface area contributed by atoms with Crippen molar-refractivity contribution in [1.82, 2.24) is 9.88 Å². The average Bonchev–Trinajstić information content (AvgIpc) is 2.68. The minimum Gasteiger partial charge on any atom is -0.506 e. The van der Waals surface area contributed by atoms with Crippen LogP contribution in [-0.4, -0.2) is 28.1 Å². The second-order valence-electron chi connectivity index (χ2n) is 6.81. The SMILES string of the molecule is Oc1cccc2ccc(/C=C/C3=CCN(Cc4cccc(Br)c4)CC3)nc12. The molecule has 0 bridgehead atoms. The fourth-order valence-electron chi connectivity index (χ4n) is 3.35. The molecule has 1 aliphatic heterocycles. The number of allylic oxidation sites excluding steroid dienone is 1. The van der Waals surface area contributed by atoms with E-state index in [1.54, 1.807) is 6.07 Å². The van der Waals surface area contributed by atoms with Crippen molar-refractivity contribution >= 4 is 32.9 Å². The Morgan fingerprint density at radius 1 is 1.07 bits per heavy atom. The molecule has 2 heterocycles. The van der Waals surface area contributed by atoms with Crippen LogP contribution in [0.25, 0.3) is 17.0 Å². The minimum atomic E-state index is 0.225. The molecule has 0 saturated carbocycles. The first-order chi connectivity index (χ1) is 13.2. The van der Waals surface area contributed by atoms with E-state index in [1.807, 2.05) is 30.3 Å². The Morgan fingerprint density at radius 2 is 1.96 bits per heavy atom. The molecule has 27 heavy (non-hydrogen) atoms. The van der Waals surface area contributed by atoms with Crippen LogP contribution < -0.4 is 0 Å². The molecule has 4 heteroatoms. The van der Waals surface area contributed by atoms with E-state index in [0.29, 0.717) is 5.52 Å². The first kappa shape index (κ1) is 18.0. The van der Waals surface area contributed by atoms with Crippen LogP contribution in [0.1, 0.15) is 17.7 Å². The van der Waals surface area contributed by atoms with Gasteiger partial charge in [-0.25, -0.2) is 4.98 Å². The molecule has 3 nitrogen and oxygen atoms in total. The van der Waals surface area contributed by atoms with E-state index in [4.69, 9.17) is 0 Å². The molecule has 1 aromatic heterocycles. The van der Waals surface area contributed by atoms with E-state index in [0.717, 1.165) is 41.6 Å². The van der Waals surface area contributed by atoms with E-state index >= 15 is 0 Å². The zero-order chi connectivity index (χ0) is 18.6. The number of para-hydroxylation sites is 1. The van der Waals surface area contributed by atoms with Crippen LogP contribution in [0.3, 0.4) is 0 Å². The number of fused-ring (bicyclic) bond motifs is 1. The van der Waals surface area contributed by atoms with Gasteiger partial charge in [-0.2, -0.15) is 0 Å². The maximum Gasteiger partial charge on any atom is 0.141 e. The summed E-state index contributed by atoms with van der Waals surface area (Å²) in [7, 11) is 0. The van der Waals surface area contributed by atoms with Gasteiger partial charge < -0.3 is 5.11 Å². The van der Waals surface area contributed by atoms with Gasteiger partial charge in [0.05, 0.1) is 5.69 Å². The van der Waals surface area contributed by atoms with E-state index in [2.05, 4.69) is 62.2 Å². The molecule has 0 aliphatic carbocycles. The average molecular weight is 421 g/mol. The number of halogens is 1. The third kappa shape index (κ3) is 4.46. The molecular formula is C23H21BrN2O. The Morgan fingerprint density at radius 3 is 2.78 bits per heavy atom. The summed E-state index contributed by atoms with van der Waals surface area (Å²) < 4.78 is 1.13. The van der Waals surface area contributed by atoms with Gasteiger partial charge >= 0.3 is 0 Å². The highest BCUT2D eigenvalue weighted by Gasteiger charge is 2.11. The molecule has 0 unspecified atom stereocenters. The van der Waals surface area contributed by atoms with Gasteiger partial charge in [-0.1, -0.05) is 58.4 Å². The number of hydrogen-bond donors (Lipinski definition) is 1. The highest BCUT2D eigenvalue weighted by Crippen LogP contribution is 2.23. The highest BCUT2D eigenvalue weighted by molar-refractivity contribution is 9.10. The number of phenolic OH excluding ortho intramolecular Hbond substituents is 1. The molecule has 0 radical (unpaired) electrons. The summed E-state index contributed by atoms with van der Waals surface area (Å²) in [6, 6.07) is 17.9. The van der Waals surface area contributed by atoms with Crippen LogP contribution in [-0.2, 0) is 6.54 Å². The lowest BCUT2D eigenvalue weighted by Gasteiger charge is -2.25. The van der Waals surface area contributed by atoms with Gasteiger partial charge in [-0.3, -0.25) is 4.90 Å². The summed E-state index contributed by atoms with van der Waals surface area (Å²) in [6.45, 7) is 2.98. The predicted octanol–water partition coefficient (Wildman–Crippen LogP) is 5.55. The normalized spacial score (nSPS) is 15.4. The first-order valence-corrected chi connectivity index (χ1v) is 9.89. The molecule has 0 saturated heterocycles. The number of phenols is 1. The molecule has 4 rings (SSSR count). The Labute approximate surface area is 167 Å². The van der Waals surface area contributed by atoms with Crippen LogP contribution in [0.2, 0.25) is 0 Å². The van der Waals surface area contributed by atoms with Crippen molar-refractivity contribution in [3.8, 4) is 5.75 Å². The van der Waals surface area contributed by atoms with Gasteiger partial charge in [0.15, 0.2) is 0 Å². The molecule has 0 spiro atoms. The molecule has 1 aliphatic rings. The molecule has 0 atom stereocenters. The molecule has 1 N–H and O–H groups in total. The van der Waals surface area contributed by atoms with Crippen LogP contribution in [0, 0.1) is 0 Å². The zero-order valence-corrected chi connectivity index (χ0v) is 16.6. The Balaban J connectivity index is 1.42. The number of aromatic hydroxyl groups is 1. The summed E-state index contributed by atoms with van der Waals surface area (Å²) in [6.07, 6.45) is 7.49. The van der Waals surface area contributed by atoms with Crippen LogP contribution in [0.15, 0.2) is 76.8 Å². The highest BCUT2D eigenvalue weighted by atomic mass is 79.9. The topological polar surface area (TPSA) is 36.4 Å². The largest absolute Gasteiger partial charge is 0.506 e. The zero-order valence-electron chi connectivity index (χ0n) is 15.0. The van der Waals surface area contributed by atoms with E-state index in [9.17, 15) is 5.11 Å².